The summed E-state index contributed by atoms with van der Waals surface area (Å²) in [6, 6.07) is 6.31. The summed E-state index contributed by atoms with van der Waals surface area (Å²) in [6.45, 7) is 2.20. The van der Waals surface area contributed by atoms with Crippen molar-refractivity contribution in [1.29, 1.82) is 0 Å². The fraction of sp³-hybridized carbons (Fsp3) is 0.455. The number of benzene rings is 1. The van der Waals surface area contributed by atoms with Crippen LogP contribution in [0.1, 0.15) is 36.4 Å². The fourth-order valence-electron chi connectivity index (χ4n) is 2.22. The predicted octanol–water partition coefficient (Wildman–Crippen LogP) is 2.20. The summed E-state index contributed by atoms with van der Waals surface area (Å²) in [4.78, 5) is 0. The van der Waals surface area contributed by atoms with E-state index in [1.165, 1.54) is 11.1 Å². The van der Waals surface area contributed by atoms with Crippen molar-refractivity contribution in [3.05, 3.63) is 29.3 Å². The van der Waals surface area contributed by atoms with E-state index in [9.17, 15) is 0 Å². The molecule has 0 saturated heterocycles. The van der Waals surface area contributed by atoms with Crippen LogP contribution in [0.4, 0.5) is 0 Å². The Hall–Kier alpha value is -1.02. The molecule has 2 nitrogen and oxygen atoms in total. The number of hydrogen-bond donors (Lipinski definition) is 1. The van der Waals surface area contributed by atoms with Gasteiger partial charge in [-0.25, -0.2) is 0 Å². The Labute approximate surface area is 78.7 Å². The van der Waals surface area contributed by atoms with Crippen molar-refractivity contribution in [2.24, 2.45) is 5.73 Å². The third-order valence-corrected chi connectivity index (χ3v) is 2.82. The number of methoxy groups -OCH3 is 1. The number of fused-ring (bicyclic) bond motifs is 1. The molecule has 2 N–H and O–H groups in total. The van der Waals surface area contributed by atoms with Crippen LogP contribution in [0.3, 0.4) is 0 Å². The minimum absolute atomic E-state index is 0.195. The second kappa shape index (κ2) is 3.04. The lowest BCUT2D eigenvalue weighted by Crippen LogP contribution is -2.05. The topological polar surface area (TPSA) is 35.2 Å². The molecule has 1 aliphatic rings. The van der Waals surface area contributed by atoms with E-state index >= 15 is 0 Å². The molecule has 2 heteroatoms. The van der Waals surface area contributed by atoms with Gasteiger partial charge in [-0.05, 0) is 24.0 Å². The molecule has 70 valence electrons. The lowest BCUT2D eigenvalue weighted by molar-refractivity contribution is 0.407. The predicted molar refractivity (Wildman–Crippen MR) is 53.0 cm³/mol. The molecule has 2 rings (SSSR count). The third kappa shape index (κ3) is 1.22. The highest BCUT2D eigenvalue weighted by molar-refractivity contribution is 5.47. The van der Waals surface area contributed by atoms with Crippen LogP contribution in [0.5, 0.6) is 5.75 Å². The summed E-state index contributed by atoms with van der Waals surface area (Å²) in [5.74, 6) is 1.51. The molecule has 1 aromatic carbocycles. The van der Waals surface area contributed by atoms with Crippen LogP contribution in [0.25, 0.3) is 0 Å². The van der Waals surface area contributed by atoms with Crippen LogP contribution in [0, 0.1) is 0 Å². The van der Waals surface area contributed by atoms with E-state index in [4.69, 9.17) is 10.5 Å². The zero-order chi connectivity index (χ0) is 9.42. The highest BCUT2D eigenvalue weighted by Gasteiger charge is 2.27. The summed E-state index contributed by atoms with van der Waals surface area (Å²) in [5, 5.41) is 0. The van der Waals surface area contributed by atoms with Gasteiger partial charge in [0.1, 0.15) is 5.75 Å². The molecular formula is C11H15NO. The van der Waals surface area contributed by atoms with Crippen molar-refractivity contribution < 1.29 is 4.74 Å². The Balaban J connectivity index is 2.55. The molecule has 0 saturated carbocycles. The first kappa shape index (κ1) is 8.57. The van der Waals surface area contributed by atoms with Gasteiger partial charge in [-0.3, -0.25) is 0 Å². The lowest BCUT2D eigenvalue weighted by atomic mass is 10.0. The normalized spacial score (nSPS) is 25.8. The first-order chi connectivity index (χ1) is 6.24. The molecule has 0 bridgehead atoms. The molecule has 1 aliphatic carbocycles. The quantitative estimate of drug-likeness (QED) is 0.713. The minimum Gasteiger partial charge on any atom is -0.496 e. The summed E-state index contributed by atoms with van der Waals surface area (Å²) in [5.41, 5.74) is 8.56. The maximum absolute atomic E-state index is 6.00. The van der Waals surface area contributed by atoms with Gasteiger partial charge in [-0.1, -0.05) is 19.1 Å². The number of hydrogen-bond acceptors (Lipinski definition) is 2. The van der Waals surface area contributed by atoms with Crippen LogP contribution < -0.4 is 10.5 Å². The molecule has 0 amide bonds. The van der Waals surface area contributed by atoms with Gasteiger partial charge in [-0.15, -0.1) is 0 Å². The highest BCUT2D eigenvalue weighted by Crippen LogP contribution is 2.43. The van der Waals surface area contributed by atoms with Gasteiger partial charge in [0.2, 0.25) is 0 Å². The standard InChI is InChI=1S/C11H15NO/c1-7-6-9(12)8-4-3-5-10(13-2)11(7)8/h3-5,7,9H,6,12H2,1-2H3. The van der Waals surface area contributed by atoms with E-state index in [-0.39, 0.29) is 6.04 Å². The molecule has 13 heavy (non-hydrogen) atoms. The molecule has 0 aromatic heterocycles. The van der Waals surface area contributed by atoms with Crippen LogP contribution in [-0.2, 0) is 0 Å². The largest absolute Gasteiger partial charge is 0.496 e. The molecule has 0 fully saturated rings. The minimum atomic E-state index is 0.195. The zero-order valence-electron chi connectivity index (χ0n) is 8.08. The van der Waals surface area contributed by atoms with E-state index in [2.05, 4.69) is 13.0 Å². The molecule has 0 aliphatic heterocycles. The Bertz CT molecular complexity index is 322. The molecule has 0 spiro atoms. The monoisotopic (exact) mass is 177 g/mol. The summed E-state index contributed by atoms with van der Waals surface area (Å²) in [6.07, 6.45) is 1.04. The van der Waals surface area contributed by atoms with Crippen LogP contribution in [0.2, 0.25) is 0 Å². The summed E-state index contributed by atoms with van der Waals surface area (Å²) >= 11 is 0. The highest BCUT2D eigenvalue weighted by atomic mass is 16.5. The second-order valence-corrected chi connectivity index (χ2v) is 3.71. The number of ether oxygens (including phenoxy) is 1. The molecule has 2 atom stereocenters. The van der Waals surface area contributed by atoms with Gasteiger partial charge in [0.05, 0.1) is 7.11 Å². The number of nitrogens with two attached hydrogens (primary N) is 1. The van der Waals surface area contributed by atoms with Gasteiger partial charge in [0, 0.05) is 11.6 Å². The summed E-state index contributed by atoms with van der Waals surface area (Å²) < 4.78 is 5.32. The van der Waals surface area contributed by atoms with Gasteiger partial charge in [-0.2, -0.15) is 0 Å². The maximum Gasteiger partial charge on any atom is 0.122 e. The van der Waals surface area contributed by atoms with Crippen molar-refractivity contribution in [3.8, 4) is 5.75 Å². The smallest absolute Gasteiger partial charge is 0.122 e. The van der Waals surface area contributed by atoms with E-state index < -0.39 is 0 Å². The third-order valence-electron chi connectivity index (χ3n) is 2.82. The Morgan fingerprint density at radius 3 is 2.92 bits per heavy atom. The van der Waals surface area contributed by atoms with Crippen LogP contribution in [-0.4, -0.2) is 7.11 Å². The average Bonchev–Trinajstić information content (AvgIpc) is 2.43. The Morgan fingerprint density at radius 1 is 1.46 bits per heavy atom. The Morgan fingerprint density at radius 2 is 2.23 bits per heavy atom. The van der Waals surface area contributed by atoms with E-state index in [0.717, 1.165) is 12.2 Å². The van der Waals surface area contributed by atoms with Gasteiger partial charge in [0.15, 0.2) is 0 Å². The second-order valence-electron chi connectivity index (χ2n) is 3.71. The molecule has 0 radical (unpaired) electrons. The average molecular weight is 177 g/mol. The van der Waals surface area contributed by atoms with E-state index in [1.807, 2.05) is 12.1 Å². The fourth-order valence-corrected chi connectivity index (χ4v) is 2.22. The van der Waals surface area contributed by atoms with Crippen molar-refractivity contribution in [1.82, 2.24) is 0 Å². The lowest BCUT2D eigenvalue weighted by Gasteiger charge is -2.10. The van der Waals surface area contributed by atoms with E-state index in [0.29, 0.717) is 5.92 Å². The Kier molecular flexibility index (Phi) is 2.00. The molecular weight excluding hydrogens is 162 g/mol. The zero-order valence-corrected chi connectivity index (χ0v) is 8.08. The SMILES string of the molecule is COc1cccc2c1C(C)CC2N. The van der Waals surface area contributed by atoms with Gasteiger partial charge in [0.25, 0.3) is 0 Å². The first-order valence-electron chi connectivity index (χ1n) is 4.66. The van der Waals surface area contributed by atoms with Crippen LogP contribution >= 0.6 is 0 Å². The molecule has 1 aromatic rings. The first-order valence-corrected chi connectivity index (χ1v) is 4.66. The van der Waals surface area contributed by atoms with Crippen molar-refractivity contribution in [2.45, 2.75) is 25.3 Å². The van der Waals surface area contributed by atoms with Crippen molar-refractivity contribution in [2.75, 3.05) is 7.11 Å². The van der Waals surface area contributed by atoms with Gasteiger partial charge < -0.3 is 10.5 Å². The van der Waals surface area contributed by atoms with Gasteiger partial charge >= 0.3 is 0 Å². The summed E-state index contributed by atoms with van der Waals surface area (Å²) in [7, 11) is 1.71. The molecule has 2 unspecified atom stereocenters. The number of rotatable bonds is 1. The van der Waals surface area contributed by atoms with Crippen molar-refractivity contribution in [3.63, 3.8) is 0 Å². The molecule has 0 heterocycles. The maximum atomic E-state index is 6.00. The van der Waals surface area contributed by atoms with Crippen molar-refractivity contribution >= 4 is 0 Å². The van der Waals surface area contributed by atoms with E-state index in [1.54, 1.807) is 7.11 Å². The van der Waals surface area contributed by atoms with Crippen LogP contribution in [0.15, 0.2) is 18.2 Å².